The van der Waals surface area contributed by atoms with Gasteiger partial charge < -0.3 is 11.1 Å². The summed E-state index contributed by atoms with van der Waals surface area (Å²) in [5.41, 5.74) is 7.42. The lowest BCUT2D eigenvalue weighted by atomic mass is 10.1. The minimum Gasteiger partial charge on any atom is -0.321 e. The number of amides is 1. The van der Waals surface area contributed by atoms with Crippen molar-refractivity contribution in [1.82, 2.24) is 0 Å². The molecule has 0 spiro atoms. The summed E-state index contributed by atoms with van der Waals surface area (Å²) < 4.78 is 0. The molecule has 1 amide bonds. The van der Waals surface area contributed by atoms with Gasteiger partial charge in [-0.1, -0.05) is 36.1 Å². The number of nitrogens with one attached hydrogen (secondary N) is 1. The van der Waals surface area contributed by atoms with Crippen LogP contribution in [0.3, 0.4) is 0 Å². The Morgan fingerprint density at radius 3 is 2.67 bits per heavy atom. The second-order valence-electron chi connectivity index (χ2n) is 4.21. The van der Waals surface area contributed by atoms with E-state index in [2.05, 4.69) is 17.2 Å². The van der Waals surface area contributed by atoms with Crippen LogP contribution < -0.4 is 11.1 Å². The first-order valence-electron chi connectivity index (χ1n) is 6.48. The van der Waals surface area contributed by atoms with E-state index in [1.165, 1.54) is 0 Å². The Bertz CT molecular complexity index is 701. The molecule has 0 aromatic heterocycles. The normalized spacial score (nSPS) is 9.62. The zero-order valence-electron chi connectivity index (χ0n) is 11.7. The molecule has 0 radical (unpaired) electrons. The molecule has 3 N–H and O–H groups in total. The average molecular weight is 296 g/mol. The molecule has 0 heterocycles. The van der Waals surface area contributed by atoms with Crippen LogP contribution in [0.4, 0.5) is 5.69 Å². The van der Waals surface area contributed by atoms with Crippen molar-refractivity contribution in [3.63, 3.8) is 0 Å². The number of hydrogen-bond acceptors (Lipinski definition) is 3. The van der Waals surface area contributed by atoms with Gasteiger partial charge in [-0.15, -0.1) is 11.8 Å². The van der Waals surface area contributed by atoms with Gasteiger partial charge in [0.1, 0.15) is 0 Å². The Balaban J connectivity index is 2.29. The third kappa shape index (κ3) is 3.88. The fourth-order valence-corrected chi connectivity index (χ4v) is 2.43. The summed E-state index contributed by atoms with van der Waals surface area (Å²) in [6.45, 7) is 0.269. The van der Waals surface area contributed by atoms with Crippen LogP contribution >= 0.6 is 11.8 Å². The van der Waals surface area contributed by atoms with Gasteiger partial charge in [0.2, 0.25) is 0 Å². The molecule has 0 bridgehead atoms. The summed E-state index contributed by atoms with van der Waals surface area (Å²) >= 11 is 1.59. The molecule has 0 atom stereocenters. The highest BCUT2D eigenvalue weighted by Crippen LogP contribution is 2.25. The summed E-state index contributed by atoms with van der Waals surface area (Å²) in [6, 6.07) is 15.0. The highest BCUT2D eigenvalue weighted by molar-refractivity contribution is 7.98. The van der Waals surface area contributed by atoms with Crippen molar-refractivity contribution in [2.75, 3.05) is 18.1 Å². The van der Waals surface area contributed by atoms with Crippen LogP contribution in [0, 0.1) is 11.8 Å². The van der Waals surface area contributed by atoms with Crippen molar-refractivity contribution in [1.29, 1.82) is 0 Å². The summed E-state index contributed by atoms with van der Waals surface area (Å²) in [6.07, 6.45) is 1.98. The summed E-state index contributed by atoms with van der Waals surface area (Å²) in [4.78, 5) is 13.5. The van der Waals surface area contributed by atoms with Crippen molar-refractivity contribution in [3.8, 4) is 11.8 Å². The van der Waals surface area contributed by atoms with Crippen molar-refractivity contribution in [2.24, 2.45) is 5.73 Å². The quantitative estimate of drug-likeness (QED) is 0.676. The fraction of sp³-hybridized carbons (Fsp3) is 0.118. The van der Waals surface area contributed by atoms with Gasteiger partial charge in [-0.25, -0.2) is 0 Å². The van der Waals surface area contributed by atoms with E-state index in [0.717, 1.165) is 10.6 Å². The topological polar surface area (TPSA) is 55.1 Å². The smallest absolute Gasteiger partial charge is 0.256 e. The molecule has 0 saturated carbocycles. The molecule has 0 aliphatic heterocycles. The number of nitrogens with two attached hydrogens (primary N) is 1. The van der Waals surface area contributed by atoms with E-state index >= 15 is 0 Å². The SMILES string of the molecule is CSc1ccccc1NC(=O)c1ccccc1C#CCN. The first kappa shape index (κ1) is 15.2. The molecule has 0 unspecified atom stereocenters. The van der Waals surface area contributed by atoms with Crippen molar-refractivity contribution in [2.45, 2.75) is 4.90 Å². The molecule has 2 aromatic rings. The van der Waals surface area contributed by atoms with E-state index < -0.39 is 0 Å². The van der Waals surface area contributed by atoms with E-state index in [1.807, 2.05) is 48.7 Å². The number of para-hydroxylation sites is 1. The van der Waals surface area contributed by atoms with Gasteiger partial charge in [-0.05, 0) is 30.5 Å². The number of hydrogen-bond donors (Lipinski definition) is 2. The van der Waals surface area contributed by atoms with Crippen LogP contribution in [-0.4, -0.2) is 18.7 Å². The number of anilines is 1. The minimum absolute atomic E-state index is 0.168. The van der Waals surface area contributed by atoms with Gasteiger partial charge >= 0.3 is 0 Å². The van der Waals surface area contributed by atoms with Crippen molar-refractivity contribution >= 4 is 23.4 Å². The molecular formula is C17H16N2OS. The molecule has 2 rings (SSSR count). The monoisotopic (exact) mass is 296 g/mol. The Morgan fingerprint density at radius 2 is 1.90 bits per heavy atom. The van der Waals surface area contributed by atoms with Gasteiger partial charge in [0.05, 0.1) is 17.8 Å². The van der Waals surface area contributed by atoms with E-state index in [0.29, 0.717) is 11.1 Å². The second kappa shape index (κ2) is 7.53. The van der Waals surface area contributed by atoms with Crippen LogP contribution in [0.2, 0.25) is 0 Å². The zero-order chi connectivity index (χ0) is 15.1. The molecule has 0 aliphatic rings. The van der Waals surface area contributed by atoms with Crippen LogP contribution in [0.15, 0.2) is 53.4 Å². The Kier molecular flexibility index (Phi) is 5.44. The van der Waals surface area contributed by atoms with Gasteiger partial charge in [0, 0.05) is 10.5 Å². The number of carbonyl (C=O) groups excluding carboxylic acids is 1. The van der Waals surface area contributed by atoms with E-state index in [-0.39, 0.29) is 12.5 Å². The Labute approximate surface area is 128 Å². The number of carbonyl (C=O) groups is 1. The maximum Gasteiger partial charge on any atom is 0.256 e. The second-order valence-corrected chi connectivity index (χ2v) is 5.05. The van der Waals surface area contributed by atoms with Crippen LogP contribution in [0.25, 0.3) is 0 Å². The van der Waals surface area contributed by atoms with Gasteiger partial charge in [0.15, 0.2) is 0 Å². The van der Waals surface area contributed by atoms with Gasteiger partial charge in [0.25, 0.3) is 5.91 Å². The zero-order valence-corrected chi connectivity index (χ0v) is 12.5. The first-order chi connectivity index (χ1) is 10.3. The van der Waals surface area contributed by atoms with E-state index in [9.17, 15) is 4.79 Å². The van der Waals surface area contributed by atoms with Crippen LogP contribution in [0.1, 0.15) is 15.9 Å². The molecule has 2 aromatic carbocycles. The lowest BCUT2D eigenvalue weighted by Crippen LogP contribution is -2.14. The van der Waals surface area contributed by atoms with Crippen LogP contribution in [-0.2, 0) is 0 Å². The average Bonchev–Trinajstić information content (AvgIpc) is 2.53. The largest absolute Gasteiger partial charge is 0.321 e. The van der Waals surface area contributed by atoms with Crippen molar-refractivity contribution in [3.05, 3.63) is 59.7 Å². The minimum atomic E-state index is -0.168. The highest BCUT2D eigenvalue weighted by atomic mass is 32.2. The van der Waals surface area contributed by atoms with Crippen LogP contribution in [0.5, 0.6) is 0 Å². The van der Waals surface area contributed by atoms with Gasteiger partial charge in [-0.2, -0.15) is 0 Å². The Hall–Kier alpha value is -2.22. The molecule has 106 valence electrons. The maximum absolute atomic E-state index is 12.4. The fourth-order valence-electron chi connectivity index (χ4n) is 1.87. The third-order valence-electron chi connectivity index (χ3n) is 2.85. The third-order valence-corrected chi connectivity index (χ3v) is 3.65. The summed E-state index contributed by atoms with van der Waals surface area (Å²) in [5, 5.41) is 2.94. The maximum atomic E-state index is 12.4. The predicted molar refractivity (Wildman–Crippen MR) is 88.6 cm³/mol. The lowest BCUT2D eigenvalue weighted by molar-refractivity contribution is 0.102. The predicted octanol–water partition coefficient (Wildman–Crippen LogP) is 2.97. The Morgan fingerprint density at radius 1 is 1.19 bits per heavy atom. The molecular weight excluding hydrogens is 280 g/mol. The first-order valence-corrected chi connectivity index (χ1v) is 7.71. The van der Waals surface area contributed by atoms with Gasteiger partial charge in [-0.3, -0.25) is 4.79 Å². The van der Waals surface area contributed by atoms with E-state index in [4.69, 9.17) is 5.73 Å². The standard InChI is InChI=1S/C17H16N2OS/c1-21-16-11-5-4-10-15(16)19-17(20)14-9-3-2-7-13(14)8-6-12-18/h2-5,7,9-11H,12,18H2,1H3,(H,19,20). The molecule has 4 heteroatoms. The van der Waals surface area contributed by atoms with E-state index in [1.54, 1.807) is 17.8 Å². The number of benzene rings is 2. The number of thioether (sulfide) groups is 1. The molecule has 21 heavy (non-hydrogen) atoms. The molecule has 0 saturated heterocycles. The van der Waals surface area contributed by atoms with Crippen molar-refractivity contribution < 1.29 is 4.79 Å². The molecule has 0 fully saturated rings. The highest BCUT2D eigenvalue weighted by Gasteiger charge is 2.11. The summed E-state index contributed by atoms with van der Waals surface area (Å²) in [5.74, 6) is 5.54. The molecule has 0 aliphatic carbocycles. The number of rotatable bonds is 3. The molecule has 3 nitrogen and oxygen atoms in total. The lowest BCUT2D eigenvalue weighted by Gasteiger charge is -2.10. The summed E-state index contributed by atoms with van der Waals surface area (Å²) in [7, 11) is 0.